The van der Waals surface area contributed by atoms with Gasteiger partial charge in [-0.3, -0.25) is 4.68 Å². The fourth-order valence-corrected chi connectivity index (χ4v) is 1.35. The van der Waals surface area contributed by atoms with E-state index in [-0.39, 0.29) is 12.6 Å². The topological polar surface area (TPSA) is 50.1 Å². The van der Waals surface area contributed by atoms with Crippen molar-refractivity contribution in [3.05, 3.63) is 18.0 Å². The van der Waals surface area contributed by atoms with Crippen LogP contribution in [0.4, 0.5) is 0 Å². The van der Waals surface area contributed by atoms with Crippen LogP contribution < -0.4 is 5.32 Å². The Bertz CT molecular complexity index is 279. The Labute approximate surface area is 91.3 Å². The lowest BCUT2D eigenvalue weighted by Crippen LogP contribution is -2.31. The third kappa shape index (κ3) is 3.64. The van der Waals surface area contributed by atoms with Crippen molar-refractivity contribution in [3.63, 3.8) is 0 Å². The van der Waals surface area contributed by atoms with Crippen molar-refractivity contribution in [1.82, 2.24) is 15.1 Å². The lowest BCUT2D eigenvalue weighted by atomic mass is 10.2. The summed E-state index contributed by atoms with van der Waals surface area (Å²) in [5, 5.41) is 16.6. The number of hydrogen-bond donors (Lipinski definition) is 2. The average Bonchev–Trinajstić information content (AvgIpc) is 2.68. The van der Waals surface area contributed by atoms with Crippen molar-refractivity contribution in [3.8, 4) is 0 Å². The van der Waals surface area contributed by atoms with Crippen molar-refractivity contribution in [1.29, 1.82) is 0 Å². The highest BCUT2D eigenvalue weighted by atomic mass is 16.3. The minimum Gasteiger partial charge on any atom is -0.395 e. The summed E-state index contributed by atoms with van der Waals surface area (Å²) in [5.41, 5.74) is 1.16. The van der Waals surface area contributed by atoms with Gasteiger partial charge < -0.3 is 10.4 Å². The molecule has 2 N–H and O–H groups in total. The molecule has 1 atom stereocenters. The molecule has 0 amide bonds. The molecule has 1 aromatic heterocycles. The normalized spacial score (nSPS) is 13.4. The van der Waals surface area contributed by atoms with Gasteiger partial charge in [-0.05, 0) is 20.3 Å². The summed E-state index contributed by atoms with van der Waals surface area (Å²) >= 11 is 0. The van der Waals surface area contributed by atoms with Gasteiger partial charge in [0.1, 0.15) is 0 Å². The van der Waals surface area contributed by atoms with Crippen LogP contribution >= 0.6 is 0 Å². The van der Waals surface area contributed by atoms with E-state index in [1.807, 2.05) is 17.1 Å². The number of rotatable bonds is 6. The first-order valence-corrected chi connectivity index (χ1v) is 5.54. The van der Waals surface area contributed by atoms with Gasteiger partial charge in [0, 0.05) is 30.4 Å². The van der Waals surface area contributed by atoms with E-state index < -0.39 is 0 Å². The Morgan fingerprint density at radius 2 is 2.27 bits per heavy atom. The van der Waals surface area contributed by atoms with E-state index in [1.54, 1.807) is 0 Å². The fraction of sp³-hybridized carbons (Fsp3) is 0.727. The maximum Gasteiger partial charge on any atom is 0.0584 e. The van der Waals surface area contributed by atoms with E-state index in [2.05, 4.69) is 31.2 Å². The van der Waals surface area contributed by atoms with Crippen molar-refractivity contribution in [2.24, 2.45) is 0 Å². The molecule has 0 saturated heterocycles. The summed E-state index contributed by atoms with van der Waals surface area (Å²) in [5.74, 6) is 0. The third-order valence-corrected chi connectivity index (χ3v) is 2.49. The standard InChI is InChI=1S/C11H21N3O/c1-4-11(8-15)12-5-10-6-13-14(7-10)9(2)3/h6-7,9,11-12,15H,4-5,8H2,1-3H3. The van der Waals surface area contributed by atoms with Crippen molar-refractivity contribution < 1.29 is 5.11 Å². The quantitative estimate of drug-likeness (QED) is 0.746. The molecular formula is C11H21N3O. The first kappa shape index (κ1) is 12.2. The van der Waals surface area contributed by atoms with Crippen LogP contribution in [0.1, 0.15) is 38.8 Å². The highest BCUT2D eigenvalue weighted by Gasteiger charge is 2.05. The SMILES string of the molecule is CCC(CO)NCc1cnn(C(C)C)c1. The Morgan fingerprint density at radius 3 is 2.73 bits per heavy atom. The van der Waals surface area contributed by atoms with Crippen LogP contribution in [0.2, 0.25) is 0 Å². The maximum absolute atomic E-state index is 9.01. The van der Waals surface area contributed by atoms with Crippen molar-refractivity contribution >= 4 is 0 Å². The molecule has 1 aromatic rings. The predicted octanol–water partition coefficient (Wildman–Crippen LogP) is 1.32. The van der Waals surface area contributed by atoms with Gasteiger partial charge in [0.15, 0.2) is 0 Å². The molecule has 0 saturated carbocycles. The van der Waals surface area contributed by atoms with Crippen molar-refractivity contribution in [2.75, 3.05) is 6.61 Å². The second kappa shape index (κ2) is 5.88. The van der Waals surface area contributed by atoms with Gasteiger partial charge in [-0.1, -0.05) is 6.92 Å². The Morgan fingerprint density at radius 1 is 1.53 bits per heavy atom. The number of nitrogens with zero attached hydrogens (tertiary/aromatic N) is 2. The second-order valence-electron chi connectivity index (χ2n) is 4.09. The monoisotopic (exact) mass is 211 g/mol. The van der Waals surface area contributed by atoms with E-state index in [4.69, 9.17) is 5.11 Å². The molecule has 15 heavy (non-hydrogen) atoms. The molecule has 4 nitrogen and oxygen atoms in total. The number of aromatic nitrogens is 2. The molecule has 0 spiro atoms. The summed E-state index contributed by atoms with van der Waals surface area (Å²) in [6.45, 7) is 7.23. The molecule has 0 aliphatic carbocycles. The molecule has 0 fully saturated rings. The van der Waals surface area contributed by atoms with Gasteiger partial charge in [-0.2, -0.15) is 5.10 Å². The lowest BCUT2D eigenvalue weighted by molar-refractivity contribution is 0.238. The molecule has 1 rings (SSSR count). The highest BCUT2D eigenvalue weighted by Crippen LogP contribution is 2.05. The zero-order valence-corrected chi connectivity index (χ0v) is 9.77. The smallest absolute Gasteiger partial charge is 0.0584 e. The lowest BCUT2D eigenvalue weighted by Gasteiger charge is -2.12. The Hall–Kier alpha value is -0.870. The number of hydrogen-bond acceptors (Lipinski definition) is 3. The maximum atomic E-state index is 9.01. The molecular weight excluding hydrogens is 190 g/mol. The average molecular weight is 211 g/mol. The number of aliphatic hydroxyl groups excluding tert-OH is 1. The molecule has 4 heteroatoms. The zero-order valence-electron chi connectivity index (χ0n) is 9.77. The van der Waals surface area contributed by atoms with E-state index in [1.165, 1.54) is 0 Å². The van der Waals surface area contributed by atoms with E-state index >= 15 is 0 Å². The minimum atomic E-state index is 0.187. The summed E-state index contributed by atoms with van der Waals surface area (Å²) in [7, 11) is 0. The van der Waals surface area contributed by atoms with Crippen LogP contribution in [0.25, 0.3) is 0 Å². The molecule has 0 bridgehead atoms. The zero-order chi connectivity index (χ0) is 11.3. The summed E-state index contributed by atoms with van der Waals surface area (Å²) in [6, 6.07) is 0.589. The molecule has 0 aliphatic heterocycles. The van der Waals surface area contributed by atoms with Gasteiger partial charge in [0.05, 0.1) is 12.8 Å². The molecule has 0 aromatic carbocycles. The number of nitrogens with one attached hydrogen (secondary N) is 1. The van der Waals surface area contributed by atoms with E-state index in [0.717, 1.165) is 18.5 Å². The molecule has 0 radical (unpaired) electrons. The van der Waals surface area contributed by atoms with Crippen LogP contribution in [-0.4, -0.2) is 27.5 Å². The second-order valence-corrected chi connectivity index (χ2v) is 4.09. The third-order valence-electron chi connectivity index (χ3n) is 2.49. The minimum absolute atomic E-state index is 0.187. The van der Waals surface area contributed by atoms with E-state index in [9.17, 15) is 0 Å². The van der Waals surface area contributed by atoms with Crippen molar-refractivity contribution in [2.45, 2.75) is 45.8 Å². The van der Waals surface area contributed by atoms with Gasteiger partial charge in [0.25, 0.3) is 0 Å². The first-order valence-electron chi connectivity index (χ1n) is 5.54. The van der Waals surface area contributed by atoms with Gasteiger partial charge in [0.2, 0.25) is 0 Å². The van der Waals surface area contributed by atoms with Crippen LogP contribution in [-0.2, 0) is 6.54 Å². The molecule has 1 heterocycles. The predicted molar refractivity (Wildman–Crippen MR) is 60.6 cm³/mol. The van der Waals surface area contributed by atoms with Crippen LogP contribution in [0, 0.1) is 0 Å². The van der Waals surface area contributed by atoms with Gasteiger partial charge in [-0.15, -0.1) is 0 Å². The largest absolute Gasteiger partial charge is 0.395 e. The summed E-state index contributed by atoms with van der Waals surface area (Å²) in [4.78, 5) is 0. The first-order chi connectivity index (χ1) is 7.17. The summed E-state index contributed by atoms with van der Waals surface area (Å²) < 4.78 is 1.94. The highest BCUT2D eigenvalue weighted by molar-refractivity contribution is 5.04. The fourth-order valence-electron chi connectivity index (χ4n) is 1.35. The Balaban J connectivity index is 2.43. The van der Waals surface area contributed by atoms with Crippen LogP contribution in [0.5, 0.6) is 0 Å². The van der Waals surface area contributed by atoms with Gasteiger partial charge in [-0.25, -0.2) is 0 Å². The number of aliphatic hydroxyl groups is 1. The molecule has 0 aliphatic rings. The summed E-state index contributed by atoms with van der Waals surface area (Å²) in [6.07, 6.45) is 4.85. The molecule has 1 unspecified atom stereocenters. The van der Waals surface area contributed by atoms with E-state index in [0.29, 0.717) is 6.04 Å². The van der Waals surface area contributed by atoms with Crippen LogP contribution in [0.3, 0.4) is 0 Å². The Kier molecular flexibility index (Phi) is 4.78. The van der Waals surface area contributed by atoms with Gasteiger partial charge >= 0.3 is 0 Å². The van der Waals surface area contributed by atoms with Crippen LogP contribution in [0.15, 0.2) is 12.4 Å². The molecule has 86 valence electrons.